The van der Waals surface area contributed by atoms with Crippen LogP contribution >= 0.6 is 0 Å². The third-order valence-electron chi connectivity index (χ3n) is 2.62. The fourth-order valence-electron chi connectivity index (χ4n) is 0.524. The zero-order valence-electron chi connectivity index (χ0n) is 17.2. The first kappa shape index (κ1) is 28.3. The van der Waals surface area contributed by atoms with Crippen LogP contribution < -0.4 is 0 Å². The molecule has 0 aliphatic rings. The molecule has 0 bridgehead atoms. The van der Waals surface area contributed by atoms with Crippen LogP contribution in [-0.4, -0.2) is 53.9 Å². The molecule has 0 aromatic carbocycles. The summed E-state index contributed by atoms with van der Waals surface area (Å²) in [6, 6.07) is 0. The van der Waals surface area contributed by atoms with Crippen LogP contribution in [0.4, 0.5) is 0 Å². The van der Waals surface area contributed by atoms with Crippen molar-refractivity contribution in [2.24, 2.45) is 0 Å². The number of ether oxygens (including phenoxy) is 6. The third kappa shape index (κ3) is 27.6. The number of allylic oxidation sites excluding steroid dienone is 1. The number of rotatable bonds is 7. The maximum Gasteiger partial charge on any atom is 0.193 e. The zero-order chi connectivity index (χ0) is 20.1. The molecule has 0 N–H and O–H groups in total. The molecule has 1 atom stereocenters. The van der Waals surface area contributed by atoms with E-state index in [1.807, 2.05) is 20.8 Å². The molecule has 0 saturated heterocycles. The third-order valence-corrected chi connectivity index (χ3v) is 2.62. The van der Waals surface area contributed by atoms with Crippen LogP contribution in [0.1, 0.15) is 34.6 Å². The van der Waals surface area contributed by atoms with Gasteiger partial charge in [-0.1, -0.05) is 0 Å². The summed E-state index contributed by atoms with van der Waals surface area (Å²) in [6.45, 7) is 9.04. The lowest BCUT2D eigenvalue weighted by Gasteiger charge is -2.19. The Bertz CT molecular complexity index is 413. The van der Waals surface area contributed by atoms with Crippen LogP contribution in [0.25, 0.3) is 0 Å². The second-order valence-corrected chi connectivity index (χ2v) is 4.67. The second kappa shape index (κ2) is 20.5. The molecule has 0 heterocycles. The molecular weight excluding hydrogens is 324 g/mol. The van der Waals surface area contributed by atoms with E-state index in [9.17, 15) is 0 Å². The highest BCUT2D eigenvalue weighted by Gasteiger charge is 2.11. The summed E-state index contributed by atoms with van der Waals surface area (Å²) in [5.74, 6) is 9.90. The first-order chi connectivity index (χ1) is 11.7. The van der Waals surface area contributed by atoms with Gasteiger partial charge in [-0.25, -0.2) is 5.92 Å². The minimum absolute atomic E-state index is 0.0648. The minimum atomic E-state index is -0.417. The number of hydrogen-bond donors (Lipinski definition) is 0. The van der Waals surface area contributed by atoms with Gasteiger partial charge < -0.3 is 28.4 Å². The van der Waals surface area contributed by atoms with Crippen LogP contribution in [0.3, 0.4) is 0 Å². The fraction of sp³-hybridized carbons (Fsp3) is 0.684. The maximum absolute atomic E-state index is 4.96. The lowest BCUT2D eigenvalue weighted by molar-refractivity contribution is -0.178. The van der Waals surface area contributed by atoms with Gasteiger partial charge in [-0.15, -0.1) is 11.8 Å². The van der Waals surface area contributed by atoms with Crippen molar-refractivity contribution < 1.29 is 28.4 Å². The Morgan fingerprint density at radius 1 is 0.840 bits per heavy atom. The Kier molecular flexibility index (Phi) is 23.2. The van der Waals surface area contributed by atoms with E-state index >= 15 is 0 Å². The highest BCUT2D eigenvalue weighted by atomic mass is 16.7. The van der Waals surface area contributed by atoms with Crippen molar-refractivity contribution in [2.75, 3.05) is 35.5 Å². The van der Waals surface area contributed by atoms with Gasteiger partial charge in [0.1, 0.15) is 0 Å². The monoisotopic (exact) mass is 357 g/mol. The standard InChI is InChI=1S/C10H11O2.C5H12O2.C4H10O2/c1-4-5-6-7-8-9-12-10(2)11-3;1-5(2,6-3)7-4;1-4(5-2)6-3/h9-10H,1-3H3;1-4H3;4H,1-3H3/q-1;;. The van der Waals surface area contributed by atoms with E-state index in [0.29, 0.717) is 0 Å². The molecule has 25 heavy (non-hydrogen) atoms. The molecule has 1 unspecified atom stereocenters. The predicted molar refractivity (Wildman–Crippen MR) is 98.2 cm³/mol. The lowest BCUT2D eigenvalue weighted by atomic mass is 10.4. The molecule has 0 rings (SSSR count). The van der Waals surface area contributed by atoms with Gasteiger partial charge in [0.15, 0.2) is 18.4 Å². The average Bonchev–Trinajstić information content (AvgIpc) is 2.64. The fourth-order valence-corrected chi connectivity index (χ4v) is 0.524. The van der Waals surface area contributed by atoms with Crippen LogP contribution in [0, 0.1) is 29.8 Å². The predicted octanol–water partition coefficient (Wildman–Crippen LogP) is 2.98. The molecule has 0 aliphatic heterocycles. The van der Waals surface area contributed by atoms with Crippen LogP contribution in [0.2, 0.25) is 0 Å². The van der Waals surface area contributed by atoms with Crippen molar-refractivity contribution in [3.8, 4) is 23.7 Å². The molecule has 0 spiro atoms. The van der Waals surface area contributed by atoms with Gasteiger partial charge in [-0.05, 0) is 34.6 Å². The topological polar surface area (TPSA) is 55.4 Å². The minimum Gasteiger partial charge on any atom is -0.492 e. The smallest absolute Gasteiger partial charge is 0.193 e. The largest absolute Gasteiger partial charge is 0.492 e. The van der Waals surface area contributed by atoms with Crippen molar-refractivity contribution in [1.29, 1.82) is 0 Å². The molecule has 0 aliphatic carbocycles. The summed E-state index contributed by atoms with van der Waals surface area (Å²) in [6.07, 6.45) is 3.62. The summed E-state index contributed by atoms with van der Waals surface area (Å²) < 4.78 is 28.9. The van der Waals surface area contributed by atoms with Crippen molar-refractivity contribution in [2.45, 2.75) is 53.0 Å². The first-order valence-corrected chi connectivity index (χ1v) is 7.57. The zero-order valence-corrected chi connectivity index (χ0v) is 17.2. The van der Waals surface area contributed by atoms with E-state index in [4.69, 9.17) is 18.9 Å². The Morgan fingerprint density at radius 2 is 1.32 bits per heavy atom. The van der Waals surface area contributed by atoms with Gasteiger partial charge in [0.25, 0.3) is 0 Å². The van der Waals surface area contributed by atoms with Crippen LogP contribution in [0.15, 0.2) is 6.26 Å². The normalized spacial score (nSPS) is 11.0. The number of hydrogen-bond acceptors (Lipinski definition) is 6. The van der Waals surface area contributed by atoms with Gasteiger partial charge >= 0.3 is 0 Å². The lowest BCUT2D eigenvalue weighted by Crippen LogP contribution is -2.24. The van der Waals surface area contributed by atoms with Crippen molar-refractivity contribution in [3.05, 3.63) is 12.3 Å². The highest BCUT2D eigenvalue weighted by Crippen LogP contribution is 2.05. The highest BCUT2D eigenvalue weighted by molar-refractivity contribution is 5.27. The first-order valence-electron chi connectivity index (χ1n) is 7.57. The van der Waals surface area contributed by atoms with Gasteiger partial charge in [0, 0.05) is 41.8 Å². The maximum atomic E-state index is 4.96. The molecule has 0 radical (unpaired) electrons. The molecule has 6 heteroatoms. The van der Waals surface area contributed by atoms with Gasteiger partial charge in [-0.2, -0.15) is 6.08 Å². The molecule has 0 amide bonds. The molecular formula is C19H33O6-. The van der Waals surface area contributed by atoms with Crippen molar-refractivity contribution in [1.82, 2.24) is 0 Å². The van der Waals surface area contributed by atoms with Crippen molar-refractivity contribution >= 4 is 0 Å². The molecule has 0 fully saturated rings. The molecule has 0 saturated carbocycles. The van der Waals surface area contributed by atoms with Crippen LogP contribution in [0.5, 0.6) is 0 Å². The summed E-state index contributed by atoms with van der Waals surface area (Å²) in [5, 5.41) is 0. The van der Waals surface area contributed by atoms with E-state index in [1.54, 1.807) is 49.4 Å². The summed E-state index contributed by atoms with van der Waals surface area (Å²) in [5.41, 5.74) is 0. The van der Waals surface area contributed by atoms with Crippen LogP contribution in [-0.2, 0) is 28.4 Å². The Hall–Kier alpha value is -1.54. The Morgan fingerprint density at radius 3 is 1.60 bits per heavy atom. The Labute approximate surface area is 153 Å². The van der Waals surface area contributed by atoms with Gasteiger partial charge in [-0.3, -0.25) is 5.92 Å². The van der Waals surface area contributed by atoms with Gasteiger partial charge in [0.2, 0.25) is 0 Å². The van der Waals surface area contributed by atoms with Crippen molar-refractivity contribution in [3.63, 3.8) is 0 Å². The van der Waals surface area contributed by atoms with E-state index in [0.717, 1.165) is 0 Å². The molecule has 0 aromatic heterocycles. The molecule has 0 aromatic rings. The van der Waals surface area contributed by atoms with E-state index in [2.05, 4.69) is 39.2 Å². The second-order valence-electron chi connectivity index (χ2n) is 4.67. The van der Waals surface area contributed by atoms with E-state index in [1.165, 1.54) is 6.26 Å². The summed E-state index contributed by atoms with van der Waals surface area (Å²) >= 11 is 0. The Balaban J connectivity index is -0.000000317. The molecule has 146 valence electrons. The SMILES string of the molecule is CC#CC#C[C-]=COC(C)OC.COC(C)(C)OC.COC(C)OC. The number of methoxy groups -OCH3 is 5. The van der Waals surface area contributed by atoms with E-state index in [-0.39, 0.29) is 12.6 Å². The molecule has 6 nitrogen and oxygen atoms in total. The summed E-state index contributed by atoms with van der Waals surface area (Å²) in [7, 11) is 8.00. The van der Waals surface area contributed by atoms with E-state index < -0.39 is 5.79 Å². The quantitative estimate of drug-likeness (QED) is 0.302. The average molecular weight is 357 g/mol. The van der Waals surface area contributed by atoms with Gasteiger partial charge in [0.05, 0.1) is 0 Å². The summed E-state index contributed by atoms with van der Waals surface area (Å²) in [4.78, 5) is 0.